The Morgan fingerprint density at radius 1 is 1.21 bits per heavy atom. The molecule has 1 aliphatic rings. The second-order valence-corrected chi connectivity index (χ2v) is 5.04. The molecule has 0 radical (unpaired) electrons. The predicted octanol–water partition coefficient (Wildman–Crippen LogP) is 1.96. The highest BCUT2D eigenvalue weighted by Gasteiger charge is 2.21. The highest BCUT2D eigenvalue weighted by Crippen LogP contribution is 2.19. The summed E-state index contributed by atoms with van der Waals surface area (Å²) in [5, 5.41) is 6.40. The molecule has 1 amide bonds. The summed E-state index contributed by atoms with van der Waals surface area (Å²) in [4.78, 5) is 12.1. The van der Waals surface area contributed by atoms with Gasteiger partial charge in [-0.05, 0) is 50.9 Å². The van der Waals surface area contributed by atoms with Crippen LogP contribution in [-0.4, -0.2) is 32.1 Å². The van der Waals surface area contributed by atoms with E-state index in [2.05, 4.69) is 10.6 Å². The normalized spacial score (nSPS) is 22.8. The Labute approximate surface area is 114 Å². The van der Waals surface area contributed by atoms with Gasteiger partial charge in [0.2, 0.25) is 0 Å². The third kappa shape index (κ3) is 3.70. The van der Waals surface area contributed by atoms with Gasteiger partial charge in [0.05, 0.1) is 7.11 Å². The van der Waals surface area contributed by atoms with Crippen LogP contribution in [0.1, 0.15) is 36.0 Å². The van der Waals surface area contributed by atoms with Crippen molar-refractivity contribution in [2.75, 3.05) is 14.2 Å². The monoisotopic (exact) mass is 262 g/mol. The molecule has 0 spiro atoms. The largest absolute Gasteiger partial charge is 0.497 e. The van der Waals surface area contributed by atoms with Gasteiger partial charge in [0.25, 0.3) is 5.91 Å². The molecule has 2 rings (SSSR count). The van der Waals surface area contributed by atoms with E-state index in [4.69, 9.17) is 4.74 Å². The van der Waals surface area contributed by atoms with Gasteiger partial charge in [-0.3, -0.25) is 4.79 Å². The smallest absolute Gasteiger partial charge is 0.251 e. The highest BCUT2D eigenvalue weighted by molar-refractivity contribution is 5.94. The summed E-state index contributed by atoms with van der Waals surface area (Å²) in [6.45, 7) is 0. The van der Waals surface area contributed by atoms with Crippen LogP contribution < -0.4 is 15.4 Å². The number of carbonyl (C=O) groups is 1. The van der Waals surface area contributed by atoms with Crippen molar-refractivity contribution in [1.29, 1.82) is 0 Å². The van der Waals surface area contributed by atoms with Gasteiger partial charge in [-0.2, -0.15) is 0 Å². The lowest BCUT2D eigenvalue weighted by molar-refractivity contribution is 0.0924. The first-order valence-electron chi connectivity index (χ1n) is 6.85. The van der Waals surface area contributed by atoms with Crippen LogP contribution in [0.15, 0.2) is 24.3 Å². The van der Waals surface area contributed by atoms with Crippen molar-refractivity contribution in [3.05, 3.63) is 29.8 Å². The molecule has 0 aromatic heterocycles. The van der Waals surface area contributed by atoms with E-state index >= 15 is 0 Å². The maximum atomic E-state index is 12.1. The standard InChI is InChI=1S/C15H22N2O2/c1-16-12-6-8-13(9-7-12)17-15(18)11-4-3-5-14(10-11)19-2/h3-5,10,12-13,16H,6-9H2,1-2H3,(H,17,18). The number of ether oxygens (including phenoxy) is 1. The lowest BCUT2D eigenvalue weighted by Crippen LogP contribution is -2.41. The molecule has 1 aromatic carbocycles. The zero-order valence-electron chi connectivity index (χ0n) is 11.6. The molecule has 4 nitrogen and oxygen atoms in total. The zero-order valence-corrected chi connectivity index (χ0v) is 11.6. The average molecular weight is 262 g/mol. The van der Waals surface area contributed by atoms with Crippen LogP contribution in [0, 0.1) is 0 Å². The van der Waals surface area contributed by atoms with Gasteiger partial charge in [0.1, 0.15) is 5.75 Å². The molecule has 4 heteroatoms. The van der Waals surface area contributed by atoms with Crippen LogP contribution in [0.5, 0.6) is 5.75 Å². The summed E-state index contributed by atoms with van der Waals surface area (Å²) in [6.07, 6.45) is 4.33. The first-order valence-corrected chi connectivity index (χ1v) is 6.85. The number of carbonyl (C=O) groups excluding carboxylic acids is 1. The lowest BCUT2D eigenvalue weighted by atomic mass is 9.91. The van der Waals surface area contributed by atoms with Crippen LogP contribution in [-0.2, 0) is 0 Å². The summed E-state index contributed by atoms with van der Waals surface area (Å²) in [5.74, 6) is 0.707. The molecule has 0 unspecified atom stereocenters. The van der Waals surface area contributed by atoms with Gasteiger partial charge in [-0.1, -0.05) is 6.07 Å². The van der Waals surface area contributed by atoms with E-state index in [0.29, 0.717) is 23.4 Å². The third-order valence-corrected chi connectivity index (χ3v) is 3.80. The SMILES string of the molecule is CNC1CCC(NC(=O)c2cccc(OC)c2)CC1. The molecule has 19 heavy (non-hydrogen) atoms. The van der Waals surface area contributed by atoms with E-state index < -0.39 is 0 Å². The number of benzene rings is 1. The number of methoxy groups -OCH3 is 1. The van der Waals surface area contributed by atoms with Gasteiger partial charge in [0, 0.05) is 17.6 Å². The fourth-order valence-corrected chi connectivity index (χ4v) is 2.56. The average Bonchev–Trinajstić information content (AvgIpc) is 2.48. The second-order valence-electron chi connectivity index (χ2n) is 5.04. The maximum Gasteiger partial charge on any atom is 0.251 e. The summed E-state index contributed by atoms with van der Waals surface area (Å²) in [6, 6.07) is 8.17. The quantitative estimate of drug-likeness (QED) is 0.872. The summed E-state index contributed by atoms with van der Waals surface area (Å²) in [5.41, 5.74) is 0.662. The molecule has 0 heterocycles. The summed E-state index contributed by atoms with van der Waals surface area (Å²) < 4.78 is 5.14. The van der Waals surface area contributed by atoms with Crippen LogP contribution >= 0.6 is 0 Å². The fraction of sp³-hybridized carbons (Fsp3) is 0.533. The third-order valence-electron chi connectivity index (χ3n) is 3.80. The Kier molecular flexibility index (Phi) is 4.80. The molecule has 104 valence electrons. The summed E-state index contributed by atoms with van der Waals surface area (Å²) >= 11 is 0. The van der Waals surface area contributed by atoms with E-state index in [0.717, 1.165) is 25.7 Å². The molecular weight excluding hydrogens is 240 g/mol. The van der Waals surface area contributed by atoms with Gasteiger partial charge < -0.3 is 15.4 Å². The van der Waals surface area contributed by atoms with Gasteiger partial charge >= 0.3 is 0 Å². The van der Waals surface area contributed by atoms with E-state index in [-0.39, 0.29) is 5.91 Å². The van der Waals surface area contributed by atoms with Crippen LogP contribution in [0.25, 0.3) is 0 Å². The first-order chi connectivity index (χ1) is 9.22. The molecule has 0 aliphatic heterocycles. The number of amides is 1. The van der Waals surface area contributed by atoms with Crippen molar-refractivity contribution in [2.24, 2.45) is 0 Å². The minimum Gasteiger partial charge on any atom is -0.497 e. The molecule has 0 bridgehead atoms. The molecule has 1 aliphatic carbocycles. The zero-order chi connectivity index (χ0) is 13.7. The predicted molar refractivity (Wildman–Crippen MR) is 75.6 cm³/mol. The van der Waals surface area contributed by atoms with Crippen molar-refractivity contribution < 1.29 is 9.53 Å². The van der Waals surface area contributed by atoms with Crippen molar-refractivity contribution in [1.82, 2.24) is 10.6 Å². The summed E-state index contributed by atoms with van der Waals surface area (Å²) in [7, 11) is 3.61. The Morgan fingerprint density at radius 2 is 1.89 bits per heavy atom. The molecule has 0 saturated heterocycles. The number of hydrogen-bond donors (Lipinski definition) is 2. The van der Waals surface area contributed by atoms with E-state index in [1.807, 2.05) is 25.2 Å². The van der Waals surface area contributed by atoms with Gasteiger partial charge in [-0.15, -0.1) is 0 Å². The molecule has 0 atom stereocenters. The van der Waals surface area contributed by atoms with Crippen LogP contribution in [0.4, 0.5) is 0 Å². The Morgan fingerprint density at radius 3 is 2.53 bits per heavy atom. The highest BCUT2D eigenvalue weighted by atomic mass is 16.5. The van der Waals surface area contributed by atoms with Crippen molar-refractivity contribution in [3.8, 4) is 5.75 Å². The van der Waals surface area contributed by atoms with Gasteiger partial charge in [-0.25, -0.2) is 0 Å². The number of hydrogen-bond acceptors (Lipinski definition) is 3. The van der Waals surface area contributed by atoms with Crippen LogP contribution in [0.2, 0.25) is 0 Å². The minimum atomic E-state index is -0.00759. The molecule has 1 aromatic rings. The van der Waals surface area contributed by atoms with Gasteiger partial charge in [0.15, 0.2) is 0 Å². The molecule has 1 fully saturated rings. The minimum absolute atomic E-state index is 0.00759. The molecular formula is C15H22N2O2. The van der Waals surface area contributed by atoms with Crippen LogP contribution in [0.3, 0.4) is 0 Å². The molecule has 2 N–H and O–H groups in total. The maximum absolute atomic E-state index is 12.1. The fourth-order valence-electron chi connectivity index (χ4n) is 2.56. The lowest BCUT2D eigenvalue weighted by Gasteiger charge is -2.28. The Hall–Kier alpha value is -1.55. The van der Waals surface area contributed by atoms with E-state index in [1.54, 1.807) is 13.2 Å². The van der Waals surface area contributed by atoms with Crippen molar-refractivity contribution in [3.63, 3.8) is 0 Å². The Bertz CT molecular complexity index is 426. The second kappa shape index (κ2) is 6.57. The molecule has 1 saturated carbocycles. The number of nitrogens with one attached hydrogen (secondary N) is 2. The number of rotatable bonds is 4. The topological polar surface area (TPSA) is 50.4 Å². The van der Waals surface area contributed by atoms with E-state index in [9.17, 15) is 4.79 Å². The van der Waals surface area contributed by atoms with Crippen molar-refractivity contribution in [2.45, 2.75) is 37.8 Å². The van der Waals surface area contributed by atoms with Crippen molar-refractivity contribution >= 4 is 5.91 Å². The Balaban J connectivity index is 1.90. The van der Waals surface area contributed by atoms with E-state index in [1.165, 1.54) is 0 Å². The first kappa shape index (κ1) is 13.9.